The van der Waals surface area contributed by atoms with Crippen LogP contribution in [0.3, 0.4) is 0 Å². The molecule has 1 amide bonds. The molecule has 0 heterocycles. The second kappa shape index (κ2) is 6.46. The second-order valence-corrected chi connectivity index (χ2v) is 12.6. The molecule has 166 valence electrons. The highest BCUT2D eigenvalue weighted by atomic mass is 16.5. The summed E-state index contributed by atoms with van der Waals surface area (Å²) in [5.41, 5.74) is -0.972. The van der Waals surface area contributed by atoms with Crippen molar-refractivity contribution in [2.75, 3.05) is 6.61 Å². The molecule has 5 heteroatoms. The summed E-state index contributed by atoms with van der Waals surface area (Å²) in [7, 11) is 0. The quantitative estimate of drug-likeness (QED) is 0.673. The van der Waals surface area contributed by atoms with Crippen LogP contribution >= 0.6 is 0 Å². The third-order valence-electron chi connectivity index (χ3n) is 10.2. The van der Waals surface area contributed by atoms with E-state index in [9.17, 15) is 14.7 Å². The highest BCUT2D eigenvalue weighted by Crippen LogP contribution is 2.62. The van der Waals surface area contributed by atoms with Crippen molar-refractivity contribution in [3.05, 3.63) is 0 Å². The van der Waals surface area contributed by atoms with E-state index in [4.69, 9.17) is 4.74 Å². The van der Waals surface area contributed by atoms with Gasteiger partial charge in [-0.25, -0.2) is 0 Å². The van der Waals surface area contributed by atoms with Crippen LogP contribution in [0.5, 0.6) is 0 Å². The Labute approximate surface area is 179 Å². The molecule has 8 saturated carbocycles. The fourth-order valence-corrected chi connectivity index (χ4v) is 9.88. The number of ether oxygens (including phenoxy) is 1. The van der Waals surface area contributed by atoms with E-state index in [1.807, 2.05) is 0 Å². The van der Waals surface area contributed by atoms with Gasteiger partial charge in [0.05, 0.1) is 11.0 Å². The van der Waals surface area contributed by atoms with Crippen LogP contribution in [0, 0.1) is 40.4 Å². The van der Waals surface area contributed by atoms with Gasteiger partial charge in [-0.3, -0.25) is 9.59 Å². The first kappa shape index (κ1) is 19.6. The fourth-order valence-electron chi connectivity index (χ4n) is 9.88. The zero-order valence-corrected chi connectivity index (χ0v) is 18.3. The minimum absolute atomic E-state index is 0.150. The van der Waals surface area contributed by atoms with E-state index in [0.717, 1.165) is 49.9 Å². The number of aliphatic hydroxyl groups is 1. The highest BCUT2D eigenvalue weighted by Gasteiger charge is 2.61. The number of esters is 1. The predicted octanol–water partition coefficient (Wildman–Crippen LogP) is 3.58. The Morgan fingerprint density at radius 2 is 1.43 bits per heavy atom. The van der Waals surface area contributed by atoms with Crippen molar-refractivity contribution in [2.45, 2.75) is 95.6 Å². The summed E-state index contributed by atoms with van der Waals surface area (Å²) < 4.78 is 5.59. The molecule has 8 aliphatic carbocycles. The standard InChI is InChI=1S/C25H37NO4/c1-15(23-6-16-2-17(7-23)4-18(3-16)8-23)26-21(27)13-30-22(28)24-9-19-5-20(10-24)12-25(29,11-19)14-24/h15-20,29H,2-14H2,1H3,(H,26,27)/t15-,16?,17?,18?,19-,20+,23?,24?,25?/m0/s1. The van der Waals surface area contributed by atoms with Gasteiger partial charge in [0.2, 0.25) is 0 Å². The van der Waals surface area contributed by atoms with E-state index in [0.29, 0.717) is 18.3 Å². The molecule has 0 saturated heterocycles. The van der Waals surface area contributed by atoms with Gasteiger partial charge < -0.3 is 15.2 Å². The Morgan fingerprint density at radius 3 is 1.97 bits per heavy atom. The lowest BCUT2D eigenvalue weighted by Crippen LogP contribution is -2.59. The first-order chi connectivity index (χ1) is 14.2. The topological polar surface area (TPSA) is 75.6 Å². The number of carbonyl (C=O) groups is 2. The smallest absolute Gasteiger partial charge is 0.312 e. The molecular formula is C25H37NO4. The molecule has 8 aliphatic rings. The highest BCUT2D eigenvalue weighted by molar-refractivity contribution is 5.83. The van der Waals surface area contributed by atoms with Crippen LogP contribution in [0.1, 0.15) is 84.0 Å². The van der Waals surface area contributed by atoms with E-state index in [2.05, 4.69) is 12.2 Å². The Morgan fingerprint density at radius 1 is 0.900 bits per heavy atom. The van der Waals surface area contributed by atoms with Gasteiger partial charge in [0.15, 0.2) is 6.61 Å². The minimum atomic E-state index is -0.682. The van der Waals surface area contributed by atoms with E-state index in [1.165, 1.54) is 38.5 Å². The van der Waals surface area contributed by atoms with Crippen LogP contribution in [-0.4, -0.2) is 35.2 Å². The number of carbonyl (C=O) groups excluding carboxylic acids is 2. The molecular weight excluding hydrogens is 378 g/mol. The van der Waals surface area contributed by atoms with Crippen molar-refractivity contribution < 1.29 is 19.4 Å². The van der Waals surface area contributed by atoms with Crippen LogP contribution in [0.15, 0.2) is 0 Å². The summed E-state index contributed by atoms with van der Waals surface area (Å²) in [6.07, 6.45) is 12.9. The first-order valence-electron chi connectivity index (χ1n) is 12.4. The van der Waals surface area contributed by atoms with E-state index in [-0.39, 0.29) is 29.9 Å². The minimum Gasteiger partial charge on any atom is -0.455 e. The molecule has 30 heavy (non-hydrogen) atoms. The Kier molecular flexibility index (Phi) is 4.22. The maximum Gasteiger partial charge on any atom is 0.312 e. The van der Waals surface area contributed by atoms with Crippen molar-refractivity contribution >= 4 is 11.9 Å². The average Bonchev–Trinajstić information content (AvgIpc) is 2.63. The lowest BCUT2D eigenvalue weighted by molar-refractivity contribution is -0.196. The van der Waals surface area contributed by atoms with Crippen LogP contribution < -0.4 is 5.32 Å². The number of nitrogens with one attached hydrogen (secondary N) is 1. The summed E-state index contributed by atoms with van der Waals surface area (Å²) in [6.45, 7) is 1.99. The molecule has 8 fully saturated rings. The van der Waals surface area contributed by atoms with Crippen LogP contribution in [0.4, 0.5) is 0 Å². The maximum atomic E-state index is 13.0. The van der Waals surface area contributed by atoms with Gasteiger partial charge in [0.25, 0.3) is 5.91 Å². The predicted molar refractivity (Wildman–Crippen MR) is 111 cm³/mol. The summed E-state index contributed by atoms with van der Waals surface area (Å²) in [5, 5.41) is 14.1. The third-order valence-corrected chi connectivity index (χ3v) is 10.2. The van der Waals surface area contributed by atoms with Crippen molar-refractivity contribution in [3.8, 4) is 0 Å². The Bertz CT molecular complexity index is 711. The molecule has 2 N–H and O–H groups in total. The van der Waals surface area contributed by atoms with Gasteiger partial charge in [-0.05, 0) is 119 Å². The van der Waals surface area contributed by atoms with Crippen LogP contribution in [-0.2, 0) is 14.3 Å². The number of hydrogen-bond donors (Lipinski definition) is 2. The largest absolute Gasteiger partial charge is 0.455 e. The second-order valence-electron chi connectivity index (χ2n) is 12.6. The van der Waals surface area contributed by atoms with Crippen molar-refractivity contribution in [3.63, 3.8) is 0 Å². The zero-order chi connectivity index (χ0) is 20.7. The lowest BCUT2D eigenvalue weighted by Gasteiger charge is -2.59. The van der Waals surface area contributed by atoms with Crippen molar-refractivity contribution in [1.82, 2.24) is 5.32 Å². The Hall–Kier alpha value is -1.10. The normalized spacial score (nSPS) is 51.1. The summed E-state index contributed by atoms with van der Waals surface area (Å²) in [4.78, 5) is 25.7. The van der Waals surface area contributed by atoms with Gasteiger partial charge in [0, 0.05) is 6.04 Å². The monoisotopic (exact) mass is 415 g/mol. The van der Waals surface area contributed by atoms with Crippen molar-refractivity contribution in [1.29, 1.82) is 0 Å². The molecule has 0 aromatic rings. The molecule has 5 nitrogen and oxygen atoms in total. The first-order valence-corrected chi connectivity index (χ1v) is 12.4. The van der Waals surface area contributed by atoms with E-state index < -0.39 is 11.0 Å². The summed E-state index contributed by atoms with van der Waals surface area (Å²) in [5.74, 6) is 3.05. The molecule has 0 radical (unpaired) electrons. The van der Waals surface area contributed by atoms with Crippen LogP contribution in [0.25, 0.3) is 0 Å². The molecule has 0 aliphatic heterocycles. The number of hydrogen-bond acceptors (Lipinski definition) is 4. The van der Waals surface area contributed by atoms with E-state index >= 15 is 0 Å². The third kappa shape index (κ3) is 3.05. The zero-order valence-electron chi connectivity index (χ0n) is 18.3. The molecule has 0 aromatic heterocycles. The molecule has 5 atom stereocenters. The average molecular weight is 416 g/mol. The fraction of sp³-hybridized carbons (Fsp3) is 0.920. The summed E-state index contributed by atoms with van der Waals surface area (Å²) >= 11 is 0. The van der Waals surface area contributed by atoms with Gasteiger partial charge in [-0.2, -0.15) is 0 Å². The molecule has 2 unspecified atom stereocenters. The summed E-state index contributed by atoms with van der Waals surface area (Å²) in [6, 6.07) is 0.150. The van der Waals surface area contributed by atoms with E-state index in [1.54, 1.807) is 0 Å². The number of amides is 1. The maximum absolute atomic E-state index is 13.0. The number of rotatable bonds is 5. The van der Waals surface area contributed by atoms with Crippen LogP contribution in [0.2, 0.25) is 0 Å². The molecule has 0 spiro atoms. The molecule has 8 rings (SSSR count). The van der Waals surface area contributed by atoms with Gasteiger partial charge >= 0.3 is 5.97 Å². The molecule has 8 bridgehead atoms. The Balaban J connectivity index is 1.06. The van der Waals surface area contributed by atoms with Gasteiger partial charge in [-0.1, -0.05) is 0 Å². The van der Waals surface area contributed by atoms with Gasteiger partial charge in [0.1, 0.15) is 0 Å². The lowest BCUT2D eigenvalue weighted by atomic mass is 9.48. The van der Waals surface area contributed by atoms with Crippen molar-refractivity contribution in [2.24, 2.45) is 40.4 Å². The van der Waals surface area contributed by atoms with Gasteiger partial charge in [-0.15, -0.1) is 0 Å². The SMILES string of the molecule is C[C@H](NC(=O)COC(=O)C12C[C@@H]3C[C@@H](CC(O)(C3)C1)C2)C12CC3CC(CC(C3)C1)C2. The molecule has 0 aromatic carbocycles.